The maximum absolute atomic E-state index is 11.6. The first-order valence-corrected chi connectivity index (χ1v) is 7.26. The van der Waals surface area contributed by atoms with E-state index in [4.69, 9.17) is 5.73 Å². The standard InChI is InChI=1S/C16H21N5O/c1-4-5-12-9-14(22)20-16(19-12)21-15(17)18-13-7-6-10(2)11(3)8-13/h6-9H,4-5H2,1-3H3,(H4,17,18,19,20,21,22). The second-order valence-corrected chi connectivity index (χ2v) is 5.23. The van der Waals surface area contributed by atoms with Gasteiger partial charge >= 0.3 is 0 Å². The zero-order valence-corrected chi connectivity index (χ0v) is 13.1. The van der Waals surface area contributed by atoms with Gasteiger partial charge in [0.1, 0.15) is 0 Å². The number of guanidine groups is 1. The van der Waals surface area contributed by atoms with E-state index in [1.54, 1.807) is 0 Å². The molecule has 0 unspecified atom stereocenters. The Morgan fingerprint density at radius 2 is 2.09 bits per heavy atom. The molecular formula is C16H21N5O. The second-order valence-electron chi connectivity index (χ2n) is 5.23. The number of hydrogen-bond donors (Lipinski definition) is 3. The number of nitrogens with zero attached hydrogens (tertiary/aromatic N) is 2. The van der Waals surface area contributed by atoms with Gasteiger partial charge in [-0.1, -0.05) is 19.4 Å². The minimum atomic E-state index is -0.226. The van der Waals surface area contributed by atoms with E-state index in [1.807, 2.05) is 39.0 Å². The average molecular weight is 299 g/mol. The van der Waals surface area contributed by atoms with Crippen molar-refractivity contribution in [3.05, 3.63) is 51.4 Å². The smallest absolute Gasteiger partial charge is 0.252 e. The number of anilines is 1. The summed E-state index contributed by atoms with van der Waals surface area (Å²) in [7, 11) is 0. The highest BCUT2D eigenvalue weighted by Crippen LogP contribution is 2.14. The predicted octanol–water partition coefficient (Wildman–Crippen LogP) is 2.40. The molecule has 1 aromatic heterocycles. The van der Waals surface area contributed by atoms with E-state index >= 15 is 0 Å². The van der Waals surface area contributed by atoms with Crippen molar-refractivity contribution in [3.8, 4) is 0 Å². The number of benzene rings is 1. The Labute approximate surface area is 129 Å². The number of aromatic amines is 1. The fourth-order valence-electron chi connectivity index (χ4n) is 2.04. The molecule has 1 aromatic carbocycles. The lowest BCUT2D eigenvalue weighted by molar-refractivity contribution is 0.866. The zero-order chi connectivity index (χ0) is 16.1. The molecule has 0 amide bonds. The van der Waals surface area contributed by atoms with Gasteiger partial charge in [0.25, 0.3) is 5.56 Å². The zero-order valence-electron chi connectivity index (χ0n) is 13.1. The van der Waals surface area contributed by atoms with Gasteiger partial charge in [0.2, 0.25) is 11.9 Å². The number of rotatable bonds is 4. The molecule has 0 spiro atoms. The van der Waals surface area contributed by atoms with Gasteiger partial charge < -0.3 is 11.1 Å². The number of aliphatic imine (C=N–C) groups is 1. The molecule has 4 N–H and O–H groups in total. The highest BCUT2D eigenvalue weighted by Gasteiger charge is 2.02. The molecule has 0 aliphatic rings. The Bertz CT molecular complexity index is 748. The summed E-state index contributed by atoms with van der Waals surface area (Å²) in [6, 6.07) is 7.40. The summed E-state index contributed by atoms with van der Waals surface area (Å²) in [5.74, 6) is 0.393. The molecule has 0 aliphatic heterocycles. The summed E-state index contributed by atoms with van der Waals surface area (Å²) in [5, 5.41) is 3.00. The van der Waals surface area contributed by atoms with E-state index in [0.717, 1.165) is 24.1 Å². The lowest BCUT2D eigenvalue weighted by Gasteiger charge is -2.08. The first-order chi connectivity index (χ1) is 10.5. The van der Waals surface area contributed by atoms with Gasteiger partial charge in [0.05, 0.1) is 0 Å². The molecule has 0 saturated carbocycles. The second kappa shape index (κ2) is 6.89. The Hall–Kier alpha value is -2.63. The molecule has 6 heteroatoms. The summed E-state index contributed by atoms with van der Waals surface area (Å²) in [4.78, 5) is 22.6. The van der Waals surface area contributed by atoms with E-state index < -0.39 is 0 Å². The first kappa shape index (κ1) is 15.8. The predicted molar refractivity (Wildman–Crippen MR) is 89.7 cm³/mol. The van der Waals surface area contributed by atoms with E-state index in [0.29, 0.717) is 5.69 Å². The largest absolute Gasteiger partial charge is 0.369 e. The van der Waals surface area contributed by atoms with Crippen LogP contribution in [0.2, 0.25) is 0 Å². The topological polar surface area (TPSA) is 96.2 Å². The minimum absolute atomic E-state index is 0.181. The van der Waals surface area contributed by atoms with E-state index in [-0.39, 0.29) is 17.5 Å². The molecule has 6 nitrogen and oxygen atoms in total. The SMILES string of the molecule is CCCc1cc(=O)[nH]c(/N=C(\N)Nc2ccc(C)c(C)c2)n1. The third-order valence-corrected chi connectivity index (χ3v) is 3.29. The van der Waals surface area contributed by atoms with Crippen LogP contribution in [0.15, 0.2) is 34.1 Å². The van der Waals surface area contributed by atoms with Crippen LogP contribution in [0, 0.1) is 13.8 Å². The summed E-state index contributed by atoms with van der Waals surface area (Å²) >= 11 is 0. The normalized spacial score (nSPS) is 11.5. The fourth-order valence-corrected chi connectivity index (χ4v) is 2.04. The Kier molecular flexibility index (Phi) is 4.93. The highest BCUT2D eigenvalue weighted by molar-refractivity contribution is 5.93. The van der Waals surface area contributed by atoms with E-state index in [9.17, 15) is 4.79 Å². The van der Waals surface area contributed by atoms with Gasteiger partial charge in [0.15, 0.2) is 0 Å². The van der Waals surface area contributed by atoms with Crippen LogP contribution in [0.1, 0.15) is 30.2 Å². The van der Waals surface area contributed by atoms with Crippen molar-refractivity contribution in [2.45, 2.75) is 33.6 Å². The van der Waals surface area contributed by atoms with Crippen LogP contribution >= 0.6 is 0 Å². The van der Waals surface area contributed by atoms with Crippen molar-refractivity contribution in [2.75, 3.05) is 5.32 Å². The molecule has 0 radical (unpaired) electrons. The molecule has 0 aliphatic carbocycles. The van der Waals surface area contributed by atoms with Crippen molar-refractivity contribution in [1.29, 1.82) is 0 Å². The number of H-pyrrole nitrogens is 1. The summed E-state index contributed by atoms with van der Waals surface area (Å²) in [6.45, 7) is 6.10. The first-order valence-electron chi connectivity index (χ1n) is 7.26. The van der Waals surface area contributed by atoms with Crippen molar-refractivity contribution >= 4 is 17.6 Å². The van der Waals surface area contributed by atoms with Gasteiger partial charge in [-0.2, -0.15) is 4.99 Å². The number of nitrogens with one attached hydrogen (secondary N) is 2. The van der Waals surface area contributed by atoms with Crippen molar-refractivity contribution in [2.24, 2.45) is 10.7 Å². The van der Waals surface area contributed by atoms with Crippen LogP contribution in [0.25, 0.3) is 0 Å². The molecule has 0 saturated heterocycles. The molecule has 0 bridgehead atoms. The van der Waals surface area contributed by atoms with Crippen LogP contribution in [-0.4, -0.2) is 15.9 Å². The van der Waals surface area contributed by atoms with Crippen molar-refractivity contribution < 1.29 is 0 Å². The average Bonchev–Trinajstić information content (AvgIpc) is 2.42. The quantitative estimate of drug-likeness (QED) is 0.596. The lowest BCUT2D eigenvalue weighted by atomic mass is 10.1. The summed E-state index contributed by atoms with van der Waals surface area (Å²) in [5.41, 5.74) is 9.58. The van der Waals surface area contributed by atoms with Crippen LogP contribution in [-0.2, 0) is 6.42 Å². The van der Waals surface area contributed by atoms with Gasteiger partial charge in [-0.25, -0.2) is 4.98 Å². The number of hydrogen-bond acceptors (Lipinski definition) is 3. The molecule has 1 heterocycles. The molecule has 116 valence electrons. The lowest BCUT2D eigenvalue weighted by Crippen LogP contribution is -2.22. The molecular weight excluding hydrogens is 278 g/mol. The maximum Gasteiger partial charge on any atom is 0.252 e. The highest BCUT2D eigenvalue weighted by atomic mass is 16.1. The van der Waals surface area contributed by atoms with Gasteiger partial charge in [-0.15, -0.1) is 0 Å². The van der Waals surface area contributed by atoms with Gasteiger partial charge in [0, 0.05) is 17.4 Å². The molecule has 2 rings (SSSR count). The van der Waals surface area contributed by atoms with Crippen molar-refractivity contribution in [1.82, 2.24) is 9.97 Å². The van der Waals surface area contributed by atoms with Gasteiger partial charge in [-0.05, 0) is 43.5 Å². The molecule has 2 aromatic rings. The third kappa shape index (κ3) is 4.18. The number of aromatic nitrogens is 2. The van der Waals surface area contributed by atoms with Crippen molar-refractivity contribution in [3.63, 3.8) is 0 Å². The Morgan fingerprint density at radius 1 is 1.32 bits per heavy atom. The number of aryl methyl sites for hydroxylation is 3. The van der Waals surface area contributed by atoms with Gasteiger partial charge in [-0.3, -0.25) is 9.78 Å². The van der Waals surface area contributed by atoms with E-state index in [1.165, 1.54) is 11.6 Å². The Balaban J connectivity index is 2.21. The van der Waals surface area contributed by atoms with Crippen LogP contribution < -0.4 is 16.6 Å². The molecule has 0 atom stereocenters. The van der Waals surface area contributed by atoms with Crippen LogP contribution in [0.4, 0.5) is 11.6 Å². The molecule has 0 fully saturated rings. The Morgan fingerprint density at radius 3 is 2.77 bits per heavy atom. The monoisotopic (exact) mass is 299 g/mol. The third-order valence-electron chi connectivity index (χ3n) is 3.29. The minimum Gasteiger partial charge on any atom is -0.369 e. The van der Waals surface area contributed by atoms with Crippen LogP contribution in [0.3, 0.4) is 0 Å². The van der Waals surface area contributed by atoms with E-state index in [2.05, 4.69) is 20.3 Å². The molecule has 22 heavy (non-hydrogen) atoms. The number of nitrogens with two attached hydrogens (primary N) is 1. The fraction of sp³-hybridized carbons (Fsp3) is 0.312. The maximum atomic E-state index is 11.6. The summed E-state index contributed by atoms with van der Waals surface area (Å²) in [6.07, 6.45) is 1.65. The van der Waals surface area contributed by atoms with Crippen LogP contribution in [0.5, 0.6) is 0 Å². The summed E-state index contributed by atoms with van der Waals surface area (Å²) < 4.78 is 0.